The summed E-state index contributed by atoms with van der Waals surface area (Å²) in [5.41, 5.74) is 11.9. The molecule has 0 saturated carbocycles. The number of furan rings is 2. The summed E-state index contributed by atoms with van der Waals surface area (Å²) in [5.74, 6) is 0. The molecule has 2 aromatic heterocycles. The number of halogens is 1. The van der Waals surface area contributed by atoms with E-state index < -0.39 is 6.04 Å². The summed E-state index contributed by atoms with van der Waals surface area (Å²) in [6, 6.07) is 73.8. The molecule has 0 spiro atoms. The first kappa shape index (κ1) is 44.6. The highest BCUT2D eigenvalue weighted by atomic mass is 79.9. The predicted octanol–water partition coefficient (Wildman–Crippen LogP) is 22.9. The van der Waals surface area contributed by atoms with Crippen molar-refractivity contribution in [2.45, 2.75) is 38.9 Å². The molecule has 0 amide bonds. The normalized spacial score (nSPS) is 15.2. The lowest BCUT2D eigenvalue weighted by Crippen LogP contribution is -2.41. The number of hydrogen-bond acceptors (Lipinski definition) is 4. The topological polar surface area (TPSA) is 44.7 Å². The number of para-hydroxylation sites is 2. The molecule has 17 rings (SSSR count). The maximum absolute atomic E-state index is 8.78. The molecular formula is C82H60BBrO4. The van der Waals surface area contributed by atoms with Crippen molar-refractivity contribution in [1.82, 2.24) is 0 Å². The Morgan fingerprint density at radius 3 is 1.08 bits per heavy atom. The van der Waals surface area contributed by atoms with Gasteiger partial charge in [-0.1, -0.05) is 258 Å². The Morgan fingerprint density at radius 1 is 0.295 bits per heavy atom. The van der Waals surface area contributed by atoms with Crippen LogP contribution in [0.25, 0.3) is 143 Å². The molecule has 1 fully saturated rings. The van der Waals surface area contributed by atoms with Crippen molar-refractivity contribution in [1.29, 1.82) is 0 Å². The van der Waals surface area contributed by atoms with Crippen molar-refractivity contribution in [2.75, 3.05) is 0 Å². The van der Waals surface area contributed by atoms with Crippen LogP contribution in [-0.4, -0.2) is 18.3 Å². The van der Waals surface area contributed by atoms with Crippen LogP contribution in [0.3, 0.4) is 0 Å². The van der Waals surface area contributed by atoms with Gasteiger partial charge in [0.05, 0.1) is 24.9 Å². The molecule has 3 heterocycles. The van der Waals surface area contributed by atoms with Gasteiger partial charge < -0.3 is 18.1 Å². The summed E-state index contributed by atoms with van der Waals surface area (Å²) in [5, 5.41) is 11.6. The van der Waals surface area contributed by atoms with Crippen molar-refractivity contribution >= 4 is 115 Å². The Labute approximate surface area is 534 Å². The van der Waals surface area contributed by atoms with Crippen molar-refractivity contribution in [3.63, 3.8) is 0 Å². The van der Waals surface area contributed by atoms with E-state index in [1.54, 1.807) is 0 Å². The van der Waals surface area contributed by atoms with Gasteiger partial charge in [0.15, 0.2) is 0 Å². The fourth-order valence-corrected chi connectivity index (χ4v) is 12.8. The van der Waals surface area contributed by atoms with E-state index in [4.69, 9.17) is 31.9 Å². The van der Waals surface area contributed by atoms with Gasteiger partial charge in [0, 0.05) is 26.0 Å². The molecule has 1 saturated heterocycles. The predicted molar refractivity (Wildman–Crippen MR) is 375 cm³/mol. The molecule has 1 aliphatic heterocycles. The molecule has 1 aliphatic rings. The van der Waals surface area contributed by atoms with Crippen LogP contribution in [-0.2, 0) is 9.31 Å². The molecule has 14 aromatic carbocycles. The largest absolute Gasteiger partial charge is 0.494 e. The fourth-order valence-electron chi connectivity index (χ4n) is 12.4. The standard InChI is InChI=1S/C38H24O.C26H17Br.C18H19BO3/c1-2-11-25(12-3-1)37-30-16-4-6-18-32(30)38(33-19-7-5-17-31(33)37)28-14-10-13-26(23-28)27-21-22-36-34(24-27)29-15-8-9-20-35(29)39-36;27-20-12-8-11-19(17-20)26-23-15-6-4-13-21(23)25(18-9-2-1-3-10-18)22-14-5-7-16-24(22)26;1-17(2)18(3,4)22-19(21-17)12-9-10-16-14(11-12)13-7-5-6-8-15(13)20-16/h1-24H;1-17H;5-11H,1-4H3/i1D,2D,3D,11D,12D;1D,2D,3D,9D,10D;. The molecule has 88 heavy (non-hydrogen) atoms. The van der Waals surface area contributed by atoms with Gasteiger partial charge in [0.25, 0.3) is 0 Å². The minimum Gasteiger partial charge on any atom is -0.456 e. The quantitative estimate of drug-likeness (QED) is 0.123. The second kappa shape index (κ2) is 22.5. The highest BCUT2D eigenvalue weighted by molar-refractivity contribution is 9.10. The first-order chi connectivity index (χ1) is 47.2. The Morgan fingerprint density at radius 2 is 0.636 bits per heavy atom. The average molecular weight is 1210 g/mol. The third-order valence-electron chi connectivity index (χ3n) is 17.3. The molecule has 0 radical (unpaired) electrons. The van der Waals surface area contributed by atoms with Crippen LogP contribution in [0.5, 0.6) is 0 Å². The van der Waals surface area contributed by atoms with Crippen LogP contribution in [0, 0.1) is 0 Å². The fraction of sp³-hybridized carbons (Fsp3) is 0.0732. The Balaban J connectivity index is 0.000000127. The molecular weight excluding hydrogens is 1140 g/mol. The lowest BCUT2D eigenvalue weighted by atomic mass is 9.78. The summed E-state index contributed by atoms with van der Waals surface area (Å²) in [6.07, 6.45) is 0. The lowest BCUT2D eigenvalue weighted by molar-refractivity contribution is 0.00578. The first-order valence-corrected chi connectivity index (χ1v) is 30.0. The molecule has 4 nitrogen and oxygen atoms in total. The summed E-state index contributed by atoms with van der Waals surface area (Å²) >= 11 is 3.57. The van der Waals surface area contributed by atoms with Gasteiger partial charge in [-0.05, 0) is 180 Å². The highest BCUT2D eigenvalue weighted by Crippen LogP contribution is 2.47. The number of rotatable bonds is 6. The van der Waals surface area contributed by atoms with E-state index in [2.05, 4.69) is 110 Å². The van der Waals surface area contributed by atoms with Gasteiger partial charge in [0.2, 0.25) is 0 Å². The van der Waals surface area contributed by atoms with E-state index >= 15 is 0 Å². The maximum atomic E-state index is 8.78. The van der Waals surface area contributed by atoms with Crippen LogP contribution in [0.2, 0.25) is 0 Å². The van der Waals surface area contributed by atoms with Crippen LogP contribution in [0.15, 0.2) is 304 Å². The molecule has 422 valence electrons. The van der Waals surface area contributed by atoms with Crippen LogP contribution >= 0.6 is 15.9 Å². The molecule has 6 heteroatoms. The van der Waals surface area contributed by atoms with E-state index in [1.807, 2.05) is 164 Å². The second-order valence-electron chi connectivity index (χ2n) is 23.0. The van der Waals surface area contributed by atoms with Gasteiger partial charge in [-0.2, -0.15) is 0 Å². The van der Waals surface area contributed by atoms with Crippen molar-refractivity contribution in [3.8, 4) is 55.6 Å². The van der Waals surface area contributed by atoms with E-state index in [9.17, 15) is 0 Å². The molecule has 16 aromatic rings. The zero-order valence-corrected chi connectivity index (χ0v) is 50.1. The van der Waals surface area contributed by atoms with Gasteiger partial charge in [0.1, 0.15) is 22.3 Å². The highest BCUT2D eigenvalue weighted by Gasteiger charge is 2.51. The molecule has 0 atom stereocenters. The summed E-state index contributed by atoms with van der Waals surface area (Å²) < 4.78 is 109. The Hall–Kier alpha value is -9.82. The van der Waals surface area contributed by atoms with Gasteiger partial charge in [-0.25, -0.2) is 0 Å². The van der Waals surface area contributed by atoms with E-state index in [0.29, 0.717) is 11.1 Å². The zero-order chi connectivity index (χ0) is 68.2. The SMILES string of the molecule is CC1(C)OB(c2ccc3oc4ccccc4c3c2)OC1(C)C.[2H]c1c([2H])c([2H])c(-c2c3ccccc3c(-c3cccc(-c4ccc5oc6ccccc6c5c4)c3)c3ccccc23)c([2H])c1[2H].[2H]c1c([2H])c([2H])c(-c2c3ccccc3c(-c3cccc(Br)c3)c3ccccc23)c([2H])c1[2H]. The van der Waals surface area contributed by atoms with E-state index in [1.165, 1.54) is 0 Å². The summed E-state index contributed by atoms with van der Waals surface area (Å²) in [6.45, 7) is 8.27. The number of hydrogen-bond donors (Lipinski definition) is 0. The van der Waals surface area contributed by atoms with Crippen LogP contribution < -0.4 is 5.46 Å². The van der Waals surface area contributed by atoms with E-state index in [-0.39, 0.29) is 83.8 Å². The third kappa shape index (κ3) is 9.84. The van der Waals surface area contributed by atoms with Crippen molar-refractivity contribution in [3.05, 3.63) is 295 Å². The Bertz CT molecular complexity index is 5780. The number of benzene rings is 14. The van der Waals surface area contributed by atoms with Crippen molar-refractivity contribution < 1.29 is 31.9 Å². The van der Waals surface area contributed by atoms with Gasteiger partial charge >= 0.3 is 7.12 Å². The second-order valence-corrected chi connectivity index (χ2v) is 23.9. The van der Waals surface area contributed by atoms with Crippen LogP contribution in [0.1, 0.15) is 41.4 Å². The van der Waals surface area contributed by atoms with Crippen molar-refractivity contribution in [2.24, 2.45) is 0 Å². The Kier molecular flexibility index (Phi) is 11.4. The third-order valence-corrected chi connectivity index (χ3v) is 17.8. The minimum absolute atomic E-state index is 0.193. The minimum atomic E-state index is -0.396. The summed E-state index contributed by atoms with van der Waals surface area (Å²) in [4.78, 5) is 0. The first-order valence-electron chi connectivity index (χ1n) is 34.3. The molecule has 0 N–H and O–H groups in total. The van der Waals surface area contributed by atoms with Gasteiger partial charge in [-0.3, -0.25) is 0 Å². The smallest absolute Gasteiger partial charge is 0.456 e. The van der Waals surface area contributed by atoms with Gasteiger partial charge in [-0.15, -0.1) is 0 Å². The average Bonchev–Trinajstić information content (AvgIpc) is 1.00. The number of fused-ring (bicyclic) bond motifs is 10. The molecule has 0 aliphatic carbocycles. The monoisotopic (exact) mass is 1210 g/mol. The summed E-state index contributed by atoms with van der Waals surface area (Å²) in [7, 11) is -0.344. The lowest BCUT2D eigenvalue weighted by Gasteiger charge is -2.32. The molecule has 0 bridgehead atoms. The molecule has 0 unspecified atom stereocenters. The maximum Gasteiger partial charge on any atom is 0.494 e. The van der Waals surface area contributed by atoms with Crippen LogP contribution in [0.4, 0.5) is 0 Å². The zero-order valence-electron chi connectivity index (χ0n) is 58.5. The van der Waals surface area contributed by atoms with E-state index in [0.717, 1.165) is 130 Å².